The molecule has 0 saturated carbocycles. The van der Waals surface area contributed by atoms with Crippen LogP contribution in [0.2, 0.25) is 0 Å². The Balaban J connectivity index is 1.99. The second kappa shape index (κ2) is 7.28. The summed E-state index contributed by atoms with van der Waals surface area (Å²) < 4.78 is 14.0. The normalized spacial score (nSPS) is 13.6. The minimum atomic E-state index is -0.250. The molecular weight excluding hydrogens is 347 g/mol. The maximum absolute atomic E-state index is 14.0. The fraction of sp³-hybridized carbons (Fsp3) is 0.0800. The van der Waals surface area contributed by atoms with Gasteiger partial charge in [0.25, 0.3) is 0 Å². The summed E-state index contributed by atoms with van der Waals surface area (Å²) >= 11 is 0. The highest BCUT2D eigenvalue weighted by atomic mass is 19.1. The van der Waals surface area contributed by atoms with Gasteiger partial charge in [-0.2, -0.15) is 0 Å². The van der Waals surface area contributed by atoms with E-state index in [4.69, 9.17) is 5.41 Å². The molecule has 0 aromatic heterocycles. The molecule has 3 heteroatoms. The summed E-state index contributed by atoms with van der Waals surface area (Å²) in [6.07, 6.45) is 5.60. The highest BCUT2D eigenvalue weighted by Crippen LogP contribution is 2.24. The summed E-state index contributed by atoms with van der Waals surface area (Å²) in [5.41, 5.74) is 5.54. The number of hydrogen-bond donors (Lipinski definition) is 1. The number of halogens is 1. The Kier molecular flexibility index (Phi) is 4.66. The van der Waals surface area contributed by atoms with Crippen LogP contribution in [0, 0.1) is 11.2 Å². The van der Waals surface area contributed by atoms with E-state index in [0.717, 1.165) is 38.4 Å². The number of benzene rings is 3. The summed E-state index contributed by atoms with van der Waals surface area (Å²) in [5, 5.41) is 9.86. The van der Waals surface area contributed by atoms with Crippen molar-refractivity contribution in [2.45, 2.75) is 0 Å². The van der Waals surface area contributed by atoms with Gasteiger partial charge in [-0.3, -0.25) is 0 Å². The van der Waals surface area contributed by atoms with Crippen molar-refractivity contribution < 1.29 is 4.39 Å². The molecule has 28 heavy (non-hydrogen) atoms. The van der Waals surface area contributed by atoms with Crippen molar-refractivity contribution in [2.24, 2.45) is 0 Å². The van der Waals surface area contributed by atoms with Crippen LogP contribution in [-0.4, -0.2) is 19.8 Å². The van der Waals surface area contributed by atoms with Crippen molar-refractivity contribution in [3.05, 3.63) is 106 Å². The van der Waals surface area contributed by atoms with Crippen LogP contribution in [0.5, 0.6) is 0 Å². The summed E-state index contributed by atoms with van der Waals surface area (Å²) in [6.45, 7) is 0. The monoisotopic (exact) mass is 368 g/mol. The standard InChI is InChI=1S/C25H21FN2/c1-28(2)24-12-9-17(10-13-24)25(20-4-3-5-22(26)15-20)21-7-6-19-16-23(27)11-8-18(19)14-21/h3-16,27H,1-2H3/b25-21+,27-23?. The SMILES string of the molecule is CN(C)c1ccc(/C(c2cccc(F)c2)=c2/ccc3c(c2)C=CC(=N)C=3)cc1. The van der Waals surface area contributed by atoms with Crippen LogP contribution >= 0.6 is 0 Å². The molecule has 4 rings (SSSR count). The molecule has 0 aliphatic heterocycles. The van der Waals surface area contributed by atoms with Crippen molar-refractivity contribution in [1.29, 1.82) is 5.41 Å². The van der Waals surface area contributed by atoms with Gasteiger partial charge in [0.2, 0.25) is 0 Å². The van der Waals surface area contributed by atoms with Crippen molar-refractivity contribution in [1.82, 2.24) is 0 Å². The predicted molar refractivity (Wildman–Crippen MR) is 116 cm³/mol. The van der Waals surface area contributed by atoms with Gasteiger partial charge >= 0.3 is 0 Å². The second-order valence-electron chi connectivity index (χ2n) is 7.10. The lowest BCUT2D eigenvalue weighted by molar-refractivity contribution is 0.627. The van der Waals surface area contributed by atoms with Crippen molar-refractivity contribution >= 4 is 29.1 Å². The molecule has 0 spiro atoms. The number of anilines is 1. The van der Waals surface area contributed by atoms with Gasteiger partial charge in [0, 0.05) is 19.8 Å². The third kappa shape index (κ3) is 3.52. The number of hydrogen-bond acceptors (Lipinski definition) is 2. The number of allylic oxidation sites excluding steroid dienone is 1. The highest BCUT2D eigenvalue weighted by Gasteiger charge is 2.09. The van der Waals surface area contributed by atoms with Gasteiger partial charge in [-0.05, 0) is 75.2 Å². The lowest BCUT2D eigenvalue weighted by Crippen LogP contribution is -2.18. The Bertz CT molecular complexity index is 1200. The van der Waals surface area contributed by atoms with E-state index in [0.29, 0.717) is 5.71 Å². The second-order valence-corrected chi connectivity index (χ2v) is 7.10. The average Bonchev–Trinajstić information content (AvgIpc) is 2.69. The first-order valence-corrected chi connectivity index (χ1v) is 9.18. The zero-order chi connectivity index (χ0) is 19.7. The molecule has 3 aromatic carbocycles. The van der Waals surface area contributed by atoms with E-state index >= 15 is 0 Å². The van der Waals surface area contributed by atoms with Crippen LogP contribution in [0.4, 0.5) is 10.1 Å². The zero-order valence-corrected chi connectivity index (χ0v) is 15.9. The summed E-state index contributed by atoms with van der Waals surface area (Å²) in [5.74, 6) is -0.250. The molecule has 2 nitrogen and oxygen atoms in total. The molecule has 1 aliphatic rings. The van der Waals surface area contributed by atoms with Crippen LogP contribution < -0.4 is 15.3 Å². The molecule has 1 aliphatic carbocycles. The Morgan fingerprint density at radius 1 is 0.857 bits per heavy atom. The molecule has 0 radical (unpaired) electrons. The molecule has 0 amide bonds. The van der Waals surface area contributed by atoms with Crippen LogP contribution in [0.3, 0.4) is 0 Å². The minimum absolute atomic E-state index is 0.250. The lowest BCUT2D eigenvalue weighted by Gasteiger charge is -2.15. The fourth-order valence-electron chi connectivity index (χ4n) is 3.47. The highest BCUT2D eigenvalue weighted by molar-refractivity contribution is 6.18. The van der Waals surface area contributed by atoms with Gasteiger partial charge in [-0.25, -0.2) is 4.39 Å². The first kappa shape index (κ1) is 17.9. The molecule has 138 valence electrons. The maximum Gasteiger partial charge on any atom is 0.123 e. The molecular formula is C25H21FN2. The largest absolute Gasteiger partial charge is 0.378 e. The zero-order valence-electron chi connectivity index (χ0n) is 15.9. The minimum Gasteiger partial charge on any atom is -0.378 e. The van der Waals surface area contributed by atoms with Crippen molar-refractivity contribution in [3.63, 3.8) is 0 Å². The van der Waals surface area contributed by atoms with Crippen LogP contribution in [0.25, 0.3) is 17.7 Å². The lowest BCUT2D eigenvalue weighted by atomic mass is 9.93. The van der Waals surface area contributed by atoms with Gasteiger partial charge < -0.3 is 10.3 Å². The summed E-state index contributed by atoms with van der Waals surface area (Å²) in [7, 11) is 4.02. The predicted octanol–water partition coefficient (Wildman–Crippen LogP) is 3.97. The molecule has 0 saturated heterocycles. The molecule has 1 N–H and O–H groups in total. The number of nitrogens with one attached hydrogen (secondary N) is 1. The first-order valence-electron chi connectivity index (χ1n) is 9.18. The number of nitrogens with zero attached hydrogens (tertiary/aromatic N) is 1. The van der Waals surface area contributed by atoms with E-state index in [1.807, 2.05) is 44.4 Å². The summed E-state index contributed by atoms with van der Waals surface area (Å²) in [4.78, 5) is 2.06. The molecule has 0 bridgehead atoms. The number of rotatable bonds is 3. The molecule has 0 atom stereocenters. The molecule has 0 heterocycles. The molecule has 3 aromatic rings. The topological polar surface area (TPSA) is 27.1 Å². The van der Waals surface area contributed by atoms with E-state index in [1.54, 1.807) is 18.2 Å². The Morgan fingerprint density at radius 2 is 1.64 bits per heavy atom. The van der Waals surface area contributed by atoms with Crippen molar-refractivity contribution in [2.75, 3.05) is 19.0 Å². The van der Waals surface area contributed by atoms with Gasteiger partial charge in [0.1, 0.15) is 5.82 Å². The van der Waals surface area contributed by atoms with Crippen LogP contribution in [0.1, 0.15) is 16.7 Å². The van der Waals surface area contributed by atoms with Crippen LogP contribution in [0.15, 0.2) is 72.8 Å². The smallest absolute Gasteiger partial charge is 0.123 e. The van der Waals surface area contributed by atoms with Gasteiger partial charge in [-0.1, -0.05) is 42.5 Å². The van der Waals surface area contributed by atoms with E-state index in [-0.39, 0.29) is 5.82 Å². The van der Waals surface area contributed by atoms with Gasteiger partial charge in [0.15, 0.2) is 0 Å². The van der Waals surface area contributed by atoms with E-state index < -0.39 is 0 Å². The third-order valence-electron chi connectivity index (χ3n) is 4.91. The molecule has 0 fully saturated rings. The van der Waals surface area contributed by atoms with Crippen LogP contribution in [-0.2, 0) is 0 Å². The van der Waals surface area contributed by atoms with E-state index in [9.17, 15) is 4.39 Å². The van der Waals surface area contributed by atoms with E-state index in [1.165, 1.54) is 6.07 Å². The number of fused-ring (bicyclic) bond motifs is 1. The average molecular weight is 368 g/mol. The Morgan fingerprint density at radius 3 is 2.36 bits per heavy atom. The maximum atomic E-state index is 14.0. The first-order chi connectivity index (χ1) is 13.5. The van der Waals surface area contributed by atoms with E-state index in [2.05, 4.69) is 35.2 Å². The third-order valence-corrected chi connectivity index (χ3v) is 4.91. The Labute approximate surface area is 164 Å². The van der Waals surface area contributed by atoms with Gasteiger partial charge in [-0.15, -0.1) is 0 Å². The Hall–Kier alpha value is -3.46. The quantitative estimate of drug-likeness (QED) is 0.744. The van der Waals surface area contributed by atoms with Crippen molar-refractivity contribution in [3.8, 4) is 0 Å². The summed E-state index contributed by atoms with van der Waals surface area (Å²) in [6, 6.07) is 21.2. The fourth-order valence-corrected chi connectivity index (χ4v) is 3.47. The van der Waals surface area contributed by atoms with Gasteiger partial charge in [0.05, 0.1) is 5.71 Å². The molecule has 0 unspecified atom stereocenters.